The molecule has 5 rings (SSSR count). The third-order valence-corrected chi connectivity index (χ3v) is 7.40. The Morgan fingerprint density at radius 3 is 2.64 bits per heavy atom. The lowest BCUT2D eigenvalue weighted by molar-refractivity contribution is 0.152. The molecular formula is C31H31ClFN3O3. The van der Waals surface area contributed by atoms with Crippen molar-refractivity contribution < 1.29 is 19.0 Å². The van der Waals surface area contributed by atoms with Gasteiger partial charge in [0.05, 0.1) is 11.1 Å². The Labute approximate surface area is 232 Å². The summed E-state index contributed by atoms with van der Waals surface area (Å²) in [5.41, 5.74) is 5.13. The lowest BCUT2D eigenvalue weighted by Crippen LogP contribution is -2.35. The predicted octanol–water partition coefficient (Wildman–Crippen LogP) is 6.44. The summed E-state index contributed by atoms with van der Waals surface area (Å²) in [4.78, 5) is 0. The van der Waals surface area contributed by atoms with E-state index < -0.39 is 6.10 Å². The molecule has 2 N–H and O–H groups in total. The number of halogens is 2. The second kappa shape index (κ2) is 12.1. The van der Waals surface area contributed by atoms with Gasteiger partial charge in [0, 0.05) is 36.0 Å². The van der Waals surface area contributed by atoms with E-state index in [1.54, 1.807) is 19.2 Å². The van der Waals surface area contributed by atoms with Gasteiger partial charge in [0.15, 0.2) is 0 Å². The van der Waals surface area contributed by atoms with Gasteiger partial charge in [0.1, 0.15) is 35.7 Å². The molecule has 202 valence electrons. The average Bonchev–Trinajstić information content (AvgIpc) is 3.36. The smallest absolute Gasteiger partial charge is 0.142 e. The Bertz CT molecular complexity index is 1430. The van der Waals surface area contributed by atoms with E-state index in [1.807, 2.05) is 61.5 Å². The summed E-state index contributed by atoms with van der Waals surface area (Å²) in [6, 6.07) is 19.9. The molecular weight excluding hydrogens is 517 g/mol. The fourth-order valence-corrected chi connectivity index (χ4v) is 5.00. The maximum Gasteiger partial charge on any atom is 0.142 e. The number of hydrogen-bond acceptors (Lipinski definition) is 6. The topological polar surface area (TPSA) is 76.5 Å². The van der Waals surface area contributed by atoms with Crippen LogP contribution in [0.1, 0.15) is 48.8 Å². The molecule has 1 aliphatic rings. The van der Waals surface area contributed by atoms with Gasteiger partial charge < -0.3 is 19.9 Å². The van der Waals surface area contributed by atoms with E-state index in [4.69, 9.17) is 21.1 Å². The van der Waals surface area contributed by atoms with Crippen molar-refractivity contribution in [2.24, 2.45) is 0 Å². The third-order valence-electron chi connectivity index (χ3n) is 7.11. The number of rotatable bonds is 10. The summed E-state index contributed by atoms with van der Waals surface area (Å²) in [6.45, 7) is 4.33. The summed E-state index contributed by atoms with van der Waals surface area (Å²) < 4.78 is 27.2. The van der Waals surface area contributed by atoms with Crippen molar-refractivity contribution >= 4 is 11.6 Å². The van der Waals surface area contributed by atoms with Gasteiger partial charge >= 0.3 is 0 Å². The van der Waals surface area contributed by atoms with Crippen molar-refractivity contribution in [2.75, 3.05) is 0 Å². The highest BCUT2D eigenvalue weighted by Gasteiger charge is 2.28. The van der Waals surface area contributed by atoms with Gasteiger partial charge in [-0.25, -0.2) is 4.39 Å². The number of ether oxygens (including phenoxy) is 2. The van der Waals surface area contributed by atoms with E-state index in [1.165, 1.54) is 6.07 Å². The molecule has 1 aromatic heterocycles. The molecule has 0 fully saturated rings. The van der Waals surface area contributed by atoms with Gasteiger partial charge in [-0.2, -0.15) is 10.2 Å². The van der Waals surface area contributed by atoms with E-state index >= 15 is 0 Å². The predicted molar refractivity (Wildman–Crippen MR) is 149 cm³/mol. The van der Waals surface area contributed by atoms with Crippen LogP contribution in [0.3, 0.4) is 0 Å². The van der Waals surface area contributed by atoms with Gasteiger partial charge in [0.2, 0.25) is 0 Å². The number of nitrogens with one attached hydrogen (secondary N) is 1. The quantitative estimate of drug-likeness (QED) is 0.238. The maximum absolute atomic E-state index is 14.6. The molecule has 0 saturated carbocycles. The Morgan fingerprint density at radius 1 is 1.05 bits per heavy atom. The molecule has 6 nitrogen and oxygen atoms in total. The Morgan fingerprint density at radius 2 is 1.87 bits per heavy atom. The van der Waals surface area contributed by atoms with Crippen LogP contribution in [-0.2, 0) is 19.6 Å². The number of nitrogens with zero attached hydrogens (tertiary/aromatic N) is 2. The highest BCUT2D eigenvalue weighted by Crippen LogP contribution is 2.43. The van der Waals surface area contributed by atoms with E-state index in [9.17, 15) is 9.50 Å². The molecule has 8 heteroatoms. The Kier molecular flexibility index (Phi) is 8.41. The molecule has 0 amide bonds. The molecule has 1 heterocycles. The highest BCUT2D eigenvalue weighted by molar-refractivity contribution is 6.32. The van der Waals surface area contributed by atoms with Crippen molar-refractivity contribution in [2.45, 2.75) is 58.1 Å². The number of fused-ring (bicyclic) bond motifs is 1. The van der Waals surface area contributed by atoms with Crippen LogP contribution in [0.5, 0.6) is 11.5 Å². The number of hydrogen-bond donors (Lipinski definition) is 2. The normalized spacial score (nSPS) is 16.0. The second-order valence-corrected chi connectivity index (χ2v) is 10.2. The molecule has 3 aromatic carbocycles. The summed E-state index contributed by atoms with van der Waals surface area (Å²) in [5.74, 6) is 0.869. The first-order chi connectivity index (χ1) is 18.9. The minimum Gasteiger partial charge on any atom is -0.487 e. The third kappa shape index (κ3) is 6.22. The molecule has 0 unspecified atom stereocenters. The summed E-state index contributed by atoms with van der Waals surface area (Å²) >= 11 is 6.72. The average molecular weight is 548 g/mol. The molecule has 39 heavy (non-hydrogen) atoms. The standard InChI is InChI=1S/C31H31ClFN3O3/c1-19(20(2)37)34-17-21-15-27(32)31(16-30(21)38-18-22-7-6-14-35-36-22)39-29-13-12-24-23(9-5-10-26(24)29)25-8-3-4-11-28(25)33/h3-11,14-16,19-20,29,34,37H,12-13,17-18H2,1-2H3/t19-,20-,29+/m1/s1. The summed E-state index contributed by atoms with van der Waals surface area (Å²) in [7, 11) is 0. The van der Waals surface area contributed by atoms with Gasteiger partial charge in [0.25, 0.3) is 0 Å². The van der Waals surface area contributed by atoms with Crippen molar-refractivity contribution in [3.63, 3.8) is 0 Å². The minimum atomic E-state index is -0.510. The maximum atomic E-state index is 14.6. The monoisotopic (exact) mass is 547 g/mol. The Balaban J connectivity index is 1.41. The van der Waals surface area contributed by atoms with E-state index in [0.29, 0.717) is 34.3 Å². The van der Waals surface area contributed by atoms with Gasteiger partial charge in [-0.1, -0.05) is 48.0 Å². The first-order valence-corrected chi connectivity index (χ1v) is 13.4. The van der Waals surface area contributed by atoms with Crippen molar-refractivity contribution in [1.82, 2.24) is 15.5 Å². The van der Waals surface area contributed by atoms with E-state index in [-0.39, 0.29) is 24.6 Å². The number of aliphatic hydroxyl groups excluding tert-OH is 1. The fraction of sp³-hybridized carbons (Fsp3) is 0.290. The first kappa shape index (κ1) is 27.1. The molecule has 0 saturated heterocycles. The van der Waals surface area contributed by atoms with E-state index in [0.717, 1.165) is 35.1 Å². The van der Waals surface area contributed by atoms with Crippen LogP contribution in [0.4, 0.5) is 4.39 Å². The van der Waals surface area contributed by atoms with Crippen LogP contribution < -0.4 is 14.8 Å². The zero-order valence-electron chi connectivity index (χ0n) is 21.9. The van der Waals surface area contributed by atoms with Crippen LogP contribution in [0.15, 0.2) is 72.9 Å². The van der Waals surface area contributed by atoms with Crippen molar-refractivity contribution in [3.8, 4) is 22.6 Å². The molecule has 1 aliphatic carbocycles. The van der Waals surface area contributed by atoms with E-state index in [2.05, 4.69) is 15.5 Å². The molecule has 0 radical (unpaired) electrons. The van der Waals surface area contributed by atoms with Gasteiger partial charge in [-0.05, 0) is 67.6 Å². The van der Waals surface area contributed by atoms with Crippen LogP contribution in [-0.4, -0.2) is 27.4 Å². The Hall–Kier alpha value is -3.52. The summed E-state index contributed by atoms with van der Waals surface area (Å²) in [6.07, 6.45) is 2.40. The zero-order chi connectivity index (χ0) is 27.4. The fourth-order valence-electron chi connectivity index (χ4n) is 4.77. The largest absolute Gasteiger partial charge is 0.487 e. The number of benzene rings is 3. The zero-order valence-corrected chi connectivity index (χ0v) is 22.7. The van der Waals surface area contributed by atoms with Crippen LogP contribution >= 0.6 is 11.6 Å². The molecule has 0 bridgehead atoms. The molecule has 3 atom stereocenters. The molecule has 4 aromatic rings. The van der Waals surface area contributed by atoms with Crippen LogP contribution in [0.25, 0.3) is 11.1 Å². The lowest BCUT2D eigenvalue weighted by atomic mass is 9.96. The number of aliphatic hydroxyl groups is 1. The lowest BCUT2D eigenvalue weighted by Gasteiger charge is -2.21. The van der Waals surface area contributed by atoms with Crippen molar-refractivity contribution in [3.05, 3.63) is 106 Å². The van der Waals surface area contributed by atoms with Crippen LogP contribution in [0.2, 0.25) is 5.02 Å². The number of aromatic nitrogens is 2. The molecule has 0 aliphatic heterocycles. The first-order valence-electron chi connectivity index (χ1n) is 13.1. The van der Waals surface area contributed by atoms with Crippen LogP contribution in [0, 0.1) is 5.82 Å². The second-order valence-electron chi connectivity index (χ2n) is 9.80. The van der Waals surface area contributed by atoms with Gasteiger partial charge in [-0.3, -0.25) is 0 Å². The summed E-state index contributed by atoms with van der Waals surface area (Å²) in [5, 5.41) is 21.7. The van der Waals surface area contributed by atoms with Gasteiger partial charge in [-0.15, -0.1) is 0 Å². The highest BCUT2D eigenvalue weighted by atomic mass is 35.5. The molecule has 0 spiro atoms. The minimum absolute atomic E-state index is 0.119. The SMILES string of the molecule is C[C@@H](O)[C@@H](C)NCc1cc(Cl)c(O[C@H]2CCc3c(-c4ccccc4F)cccc32)cc1OCc1cccnn1. The van der Waals surface area contributed by atoms with Crippen molar-refractivity contribution in [1.29, 1.82) is 0 Å².